The molecule has 1 aliphatic rings. The number of hydrogen-bond acceptors (Lipinski definition) is 5. The van der Waals surface area contributed by atoms with Crippen molar-refractivity contribution in [1.29, 1.82) is 0 Å². The molecule has 6 nitrogen and oxygen atoms in total. The van der Waals surface area contributed by atoms with E-state index in [1.807, 2.05) is 43.3 Å². The largest absolute Gasteiger partial charge is 0.395 e. The van der Waals surface area contributed by atoms with E-state index in [0.717, 1.165) is 11.3 Å². The first-order chi connectivity index (χ1) is 10.9. The summed E-state index contributed by atoms with van der Waals surface area (Å²) in [6.07, 6.45) is 1.41. The summed E-state index contributed by atoms with van der Waals surface area (Å²) in [6.45, 7) is 1.68. The fourth-order valence-electron chi connectivity index (χ4n) is 2.40. The zero-order valence-corrected chi connectivity index (χ0v) is 13.7. The molecule has 0 aliphatic carbocycles. The van der Waals surface area contributed by atoms with E-state index in [2.05, 4.69) is 4.99 Å². The monoisotopic (exact) mass is 317 g/mol. The van der Waals surface area contributed by atoms with E-state index in [-0.39, 0.29) is 25.5 Å². The molecule has 2 rings (SSSR count). The fourth-order valence-corrected chi connectivity index (χ4v) is 2.40. The molecule has 1 heterocycles. The Morgan fingerprint density at radius 3 is 2.74 bits per heavy atom. The third-order valence-corrected chi connectivity index (χ3v) is 3.52. The average molecular weight is 317 g/mol. The number of anilines is 1. The minimum atomic E-state index is -0.598. The first kappa shape index (κ1) is 17.2. The Kier molecular flexibility index (Phi) is 5.52. The maximum absolute atomic E-state index is 12.5. The van der Waals surface area contributed by atoms with Crippen molar-refractivity contribution < 1.29 is 15.0 Å². The van der Waals surface area contributed by atoms with Crippen LogP contribution in [0.1, 0.15) is 18.9 Å². The summed E-state index contributed by atoms with van der Waals surface area (Å²) < 4.78 is 0. The van der Waals surface area contributed by atoms with Gasteiger partial charge in [-0.15, -0.1) is 0 Å². The molecular weight excluding hydrogens is 294 g/mol. The maximum Gasteiger partial charge on any atom is 0.277 e. The molecule has 2 N–H and O–H groups in total. The zero-order chi connectivity index (χ0) is 17.0. The summed E-state index contributed by atoms with van der Waals surface area (Å²) in [5, 5.41) is 18.7. The molecular formula is C17H23N3O3. The lowest BCUT2D eigenvalue weighted by molar-refractivity contribution is -0.123. The van der Waals surface area contributed by atoms with Crippen molar-refractivity contribution >= 4 is 23.5 Å². The van der Waals surface area contributed by atoms with Gasteiger partial charge in [-0.2, -0.15) is 0 Å². The van der Waals surface area contributed by atoms with Gasteiger partial charge in [-0.1, -0.05) is 12.1 Å². The van der Waals surface area contributed by atoms with E-state index in [9.17, 15) is 9.90 Å². The molecule has 1 amide bonds. The highest BCUT2D eigenvalue weighted by molar-refractivity contribution is 6.14. The Hall–Kier alpha value is -2.18. The van der Waals surface area contributed by atoms with Crippen LogP contribution in [0.3, 0.4) is 0 Å². The van der Waals surface area contributed by atoms with Crippen LogP contribution in [0.15, 0.2) is 35.0 Å². The van der Waals surface area contributed by atoms with Gasteiger partial charge in [-0.05, 0) is 30.7 Å². The van der Waals surface area contributed by atoms with Gasteiger partial charge in [-0.25, -0.2) is 4.99 Å². The van der Waals surface area contributed by atoms with Crippen molar-refractivity contribution in [2.75, 3.05) is 32.1 Å². The normalized spacial score (nSPS) is 17.6. The lowest BCUT2D eigenvalue weighted by atomic mass is 10.1. The number of aliphatic imine (C=N–C) groups is 1. The van der Waals surface area contributed by atoms with Gasteiger partial charge in [0.2, 0.25) is 0 Å². The Labute approximate surface area is 136 Å². The van der Waals surface area contributed by atoms with Crippen molar-refractivity contribution in [1.82, 2.24) is 4.90 Å². The molecule has 0 bridgehead atoms. The van der Waals surface area contributed by atoms with E-state index < -0.39 is 6.10 Å². The molecule has 6 heteroatoms. The lowest BCUT2D eigenvalue weighted by Gasteiger charge is -2.17. The average Bonchev–Trinajstić information content (AvgIpc) is 2.76. The topological polar surface area (TPSA) is 76.4 Å². The number of amides is 1. The number of carbonyl (C=O) groups excluding carboxylic acids is 1. The van der Waals surface area contributed by atoms with Crippen LogP contribution in [-0.2, 0) is 4.79 Å². The van der Waals surface area contributed by atoms with Gasteiger partial charge < -0.3 is 15.1 Å². The van der Waals surface area contributed by atoms with Crippen LogP contribution in [0.25, 0.3) is 6.08 Å². The first-order valence-electron chi connectivity index (χ1n) is 7.60. The summed E-state index contributed by atoms with van der Waals surface area (Å²) in [5.41, 5.74) is 2.24. The molecule has 1 aliphatic heterocycles. The van der Waals surface area contributed by atoms with E-state index in [1.54, 1.807) is 13.0 Å². The van der Waals surface area contributed by atoms with Crippen molar-refractivity contribution in [2.24, 2.45) is 4.99 Å². The maximum atomic E-state index is 12.5. The molecule has 1 unspecified atom stereocenters. The number of carbonyl (C=O) groups is 1. The van der Waals surface area contributed by atoms with Crippen LogP contribution in [-0.4, -0.2) is 60.2 Å². The number of hydrogen-bond donors (Lipinski definition) is 2. The van der Waals surface area contributed by atoms with E-state index in [0.29, 0.717) is 11.5 Å². The van der Waals surface area contributed by atoms with Crippen LogP contribution in [0.2, 0.25) is 0 Å². The van der Waals surface area contributed by atoms with Gasteiger partial charge in [0.15, 0.2) is 0 Å². The molecule has 124 valence electrons. The number of aliphatic hydroxyl groups is 2. The highest BCUT2D eigenvalue weighted by atomic mass is 16.3. The second-order valence-electron chi connectivity index (χ2n) is 5.78. The predicted octanol–water partition coefficient (Wildman–Crippen LogP) is 1.10. The molecule has 1 aromatic rings. The molecule has 1 aromatic carbocycles. The summed E-state index contributed by atoms with van der Waals surface area (Å²) in [7, 11) is 3.91. The molecule has 0 aromatic heterocycles. The van der Waals surface area contributed by atoms with E-state index in [1.165, 1.54) is 4.90 Å². The summed E-state index contributed by atoms with van der Waals surface area (Å²) in [6, 6.07) is 7.79. The third kappa shape index (κ3) is 4.18. The van der Waals surface area contributed by atoms with Crippen LogP contribution in [0, 0.1) is 0 Å². The summed E-state index contributed by atoms with van der Waals surface area (Å²) in [5.74, 6) is 0.249. The Bertz CT molecular complexity index is 636. The fraction of sp³-hybridized carbons (Fsp3) is 0.412. The highest BCUT2D eigenvalue weighted by Crippen LogP contribution is 2.22. The SMILES string of the molecule is CC(O)CC1=N/C(=C\c2cccc(N(C)C)c2)C(=O)N1CCO. The second-order valence-corrected chi connectivity index (χ2v) is 5.78. The van der Waals surface area contributed by atoms with Crippen LogP contribution in [0.4, 0.5) is 5.69 Å². The number of nitrogens with zero attached hydrogens (tertiary/aromatic N) is 3. The Morgan fingerprint density at radius 1 is 1.39 bits per heavy atom. The lowest BCUT2D eigenvalue weighted by Crippen LogP contribution is -2.36. The minimum Gasteiger partial charge on any atom is -0.395 e. The van der Waals surface area contributed by atoms with Gasteiger partial charge in [-0.3, -0.25) is 9.69 Å². The highest BCUT2D eigenvalue weighted by Gasteiger charge is 2.30. The quantitative estimate of drug-likeness (QED) is 0.770. The number of β-amino-alcohol motifs (C(OH)–C–C–N with tert-alkyl or cyclic N) is 1. The first-order valence-corrected chi connectivity index (χ1v) is 7.60. The van der Waals surface area contributed by atoms with Gasteiger partial charge in [0, 0.05) is 26.2 Å². The number of benzene rings is 1. The summed E-state index contributed by atoms with van der Waals surface area (Å²) >= 11 is 0. The van der Waals surface area contributed by atoms with Gasteiger partial charge in [0.05, 0.1) is 19.3 Å². The van der Waals surface area contributed by atoms with E-state index >= 15 is 0 Å². The predicted molar refractivity (Wildman–Crippen MR) is 91.3 cm³/mol. The molecule has 0 saturated heterocycles. The standard InChI is InChI=1S/C17H23N3O3/c1-12(22)9-16-18-15(17(23)20(16)7-8-21)11-13-5-4-6-14(10-13)19(2)3/h4-6,10-12,21-22H,7-9H2,1-3H3/b15-11-. The summed E-state index contributed by atoms with van der Waals surface area (Å²) in [4.78, 5) is 20.2. The molecule has 0 fully saturated rings. The van der Waals surface area contributed by atoms with Crippen LogP contribution >= 0.6 is 0 Å². The van der Waals surface area contributed by atoms with Crippen molar-refractivity contribution in [3.63, 3.8) is 0 Å². The van der Waals surface area contributed by atoms with Crippen LogP contribution < -0.4 is 4.90 Å². The minimum absolute atomic E-state index is 0.145. The zero-order valence-electron chi connectivity index (χ0n) is 13.7. The van der Waals surface area contributed by atoms with E-state index in [4.69, 9.17) is 5.11 Å². The molecule has 0 spiro atoms. The number of aliphatic hydroxyl groups excluding tert-OH is 2. The smallest absolute Gasteiger partial charge is 0.277 e. The van der Waals surface area contributed by atoms with Gasteiger partial charge >= 0.3 is 0 Å². The third-order valence-electron chi connectivity index (χ3n) is 3.52. The molecule has 0 saturated carbocycles. The molecule has 0 radical (unpaired) electrons. The van der Waals surface area contributed by atoms with Crippen molar-refractivity contribution in [3.8, 4) is 0 Å². The number of amidine groups is 1. The Balaban J connectivity index is 2.32. The van der Waals surface area contributed by atoms with Crippen molar-refractivity contribution in [2.45, 2.75) is 19.4 Å². The number of rotatable bonds is 6. The van der Waals surface area contributed by atoms with Crippen molar-refractivity contribution in [3.05, 3.63) is 35.5 Å². The molecule has 23 heavy (non-hydrogen) atoms. The van der Waals surface area contributed by atoms with Gasteiger partial charge in [0.1, 0.15) is 11.5 Å². The second kappa shape index (κ2) is 7.39. The Morgan fingerprint density at radius 2 is 2.13 bits per heavy atom. The van der Waals surface area contributed by atoms with Gasteiger partial charge in [0.25, 0.3) is 5.91 Å². The molecule has 1 atom stereocenters. The van der Waals surface area contributed by atoms with Crippen LogP contribution in [0.5, 0.6) is 0 Å².